The van der Waals surface area contributed by atoms with E-state index in [1.54, 1.807) is 67.6 Å². The minimum absolute atomic E-state index is 0.0101. The van der Waals surface area contributed by atoms with Crippen LogP contribution in [0, 0.1) is 13.7 Å². The van der Waals surface area contributed by atoms with Crippen LogP contribution in [0.1, 0.15) is 28.4 Å². The van der Waals surface area contributed by atoms with Gasteiger partial charge in [0, 0.05) is 17.7 Å². The number of aliphatic hydroxyl groups excluding tert-OH is 1. The summed E-state index contributed by atoms with van der Waals surface area (Å²) in [5.41, 5.74) is 1.51. The molecule has 0 saturated heterocycles. The standard InChI is InChI=1S/C29H23IN2O8S/c1-3-39-29(35)24-25(33)23(41-28(24)31-27(34)19-7-5-4-6-8-19)15-18-13-21(30)26(22(14-18)38-2)40-16-17-9-11-20(12-10-17)32(36)37/h4-15,33H,3,16H2,1-2H3/b23-15-,31-28?. The van der Waals surface area contributed by atoms with Gasteiger partial charge < -0.3 is 19.3 Å². The van der Waals surface area contributed by atoms with Crippen LogP contribution < -0.4 is 9.47 Å². The van der Waals surface area contributed by atoms with Gasteiger partial charge in [-0.2, -0.15) is 0 Å². The number of thioether (sulfide) groups is 1. The van der Waals surface area contributed by atoms with E-state index in [1.165, 1.54) is 19.2 Å². The molecular weight excluding hydrogens is 663 g/mol. The Morgan fingerprint density at radius 1 is 1.12 bits per heavy atom. The summed E-state index contributed by atoms with van der Waals surface area (Å²) in [6, 6.07) is 17.9. The van der Waals surface area contributed by atoms with Crippen molar-refractivity contribution >= 4 is 63.0 Å². The van der Waals surface area contributed by atoms with Gasteiger partial charge in [-0.15, -0.1) is 0 Å². The van der Waals surface area contributed by atoms with E-state index in [1.807, 2.05) is 0 Å². The number of hydrogen-bond donors (Lipinski definition) is 1. The van der Waals surface area contributed by atoms with E-state index in [-0.39, 0.29) is 35.3 Å². The molecule has 0 bridgehead atoms. The van der Waals surface area contributed by atoms with Crippen LogP contribution >= 0.6 is 34.4 Å². The highest BCUT2D eigenvalue weighted by Gasteiger charge is 2.34. The zero-order chi connectivity index (χ0) is 29.5. The minimum Gasteiger partial charge on any atom is -0.506 e. The number of nitrogens with zero attached hydrogens (tertiary/aromatic N) is 2. The van der Waals surface area contributed by atoms with Gasteiger partial charge in [0.15, 0.2) is 11.5 Å². The summed E-state index contributed by atoms with van der Waals surface area (Å²) in [7, 11) is 1.49. The van der Waals surface area contributed by atoms with Gasteiger partial charge in [0.1, 0.15) is 23.0 Å². The van der Waals surface area contributed by atoms with Crippen LogP contribution in [0.4, 0.5) is 5.69 Å². The number of amides is 1. The number of methoxy groups -OCH3 is 1. The Morgan fingerprint density at radius 3 is 2.46 bits per heavy atom. The fraction of sp³-hybridized carbons (Fsp3) is 0.138. The number of nitro benzene ring substituents is 1. The number of aliphatic imine (C=N–C) groups is 1. The second-order valence-corrected chi connectivity index (χ2v) is 10.6. The third-order valence-electron chi connectivity index (χ3n) is 5.67. The summed E-state index contributed by atoms with van der Waals surface area (Å²) in [6.07, 6.45) is 1.64. The molecule has 0 saturated carbocycles. The quantitative estimate of drug-likeness (QED) is 0.116. The Bertz CT molecular complexity index is 1580. The number of benzene rings is 3. The van der Waals surface area contributed by atoms with Crippen LogP contribution in [-0.4, -0.2) is 40.7 Å². The van der Waals surface area contributed by atoms with Crippen LogP contribution in [0.3, 0.4) is 0 Å². The summed E-state index contributed by atoms with van der Waals surface area (Å²) < 4.78 is 17.3. The first-order valence-electron chi connectivity index (χ1n) is 12.1. The third kappa shape index (κ3) is 7.13. The maximum absolute atomic E-state index is 12.7. The number of carbonyl (C=O) groups excluding carboxylic acids is 2. The molecule has 0 unspecified atom stereocenters. The van der Waals surface area contributed by atoms with E-state index in [0.29, 0.717) is 31.1 Å². The van der Waals surface area contributed by atoms with Gasteiger partial charge in [-0.3, -0.25) is 14.9 Å². The fourth-order valence-corrected chi connectivity index (χ4v) is 5.51. The lowest BCUT2D eigenvalue weighted by Crippen LogP contribution is -2.14. The zero-order valence-corrected chi connectivity index (χ0v) is 24.8. The van der Waals surface area contributed by atoms with Gasteiger partial charge >= 0.3 is 5.97 Å². The number of carbonyl (C=O) groups is 2. The molecule has 0 aromatic heterocycles. The van der Waals surface area contributed by atoms with Crippen molar-refractivity contribution in [1.29, 1.82) is 0 Å². The van der Waals surface area contributed by atoms with E-state index in [4.69, 9.17) is 14.2 Å². The van der Waals surface area contributed by atoms with Crippen molar-refractivity contribution in [2.45, 2.75) is 13.5 Å². The molecule has 1 aliphatic heterocycles. The van der Waals surface area contributed by atoms with Crippen molar-refractivity contribution in [3.05, 3.63) is 113 Å². The summed E-state index contributed by atoms with van der Waals surface area (Å²) in [4.78, 5) is 40.2. The first kappa shape index (κ1) is 29.8. The Labute approximate surface area is 253 Å². The molecule has 1 heterocycles. The Balaban J connectivity index is 1.62. The Kier molecular flexibility index (Phi) is 9.78. The number of ether oxygens (including phenoxy) is 3. The molecule has 12 heteroatoms. The van der Waals surface area contributed by atoms with Gasteiger partial charge in [0.25, 0.3) is 11.6 Å². The van der Waals surface area contributed by atoms with Gasteiger partial charge in [-0.25, -0.2) is 9.79 Å². The van der Waals surface area contributed by atoms with E-state index in [2.05, 4.69) is 27.6 Å². The number of esters is 1. The first-order chi connectivity index (χ1) is 19.7. The predicted molar refractivity (Wildman–Crippen MR) is 163 cm³/mol. The predicted octanol–water partition coefficient (Wildman–Crippen LogP) is 6.49. The largest absolute Gasteiger partial charge is 0.506 e. The molecule has 10 nitrogen and oxygen atoms in total. The molecule has 0 fully saturated rings. The number of hydrogen-bond acceptors (Lipinski definition) is 9. The number of aliphatic hydroxyl groups is 1. The van der Waals surface area contributed by atoms with Crippen LogP contribution in [-0.2, 0) is 16.1 Å². The molecule has 0 atom stereocenters. The molecule has 1 aliphatic rings. The Hall–Kier alpha value is -4.17. The van der Waals surface area contributed by atoms with Crippen molar-refractivity contribution in [3.8, 4) is 11.5 Å². The summed E-state index contributed by atoms with van der Waals surface area (Å²) >= 11 is 3.06. The smallest absolute Gasteiger partial charge is 0.344 e. The summed E-state index contributed by atoms with van der Waals surface area (Å²) in [5.74, 6) is -0.816. The second kappa shape index (κ2) is 13.5. The van der Waals surface area contributed by atoms with Crippen LogP contribution in [0.2, 0.25) is 0 Å². The highest BCUT2D eigenvalue weighted by molar-refractivity contribution is 14.1. The van der Waals surface area contributed by atoms with E-state index >= 15 is 0 Å². The molecular formula is C29H23IN2O8S. The third-order valence-corrected chi connectivity index (χ3v) is 7.50. The highest BCUT2D eigenvalue weighted by Crippen LogP contribution is 2.41. The average molecular weight is 686 g/mol. The topological polar surface area (TPSA) is 138 Å². The van der Waals surface area contributed by atoms with Crippen molar-refractivity contribution in [1.82, 2.24) is 0 Å². The molecule has 1 amide bonds. The van der Waals surface area contributed by atoms with Crippen LogP contribution in [0.5, 0.6) is 11.5 Å². The number of nitro groups is 1. The Morgan fingerprint density at radius 2 is 1.83 bits per heavy atom. The number of halogens is 1. The molecule has 4 rings (SSSR count). The normalized spacial score (nSPS) is 14.8. The molecule has 0 spiro atoms. The number of rotatable bonds is 9. The molecule has 210 valence electrons. The lowest BCUT2D eigenvalue weighted by molar-refractivity contribution is -0.384. The van der Waals surface area contributed by atoms with Gasteiger partial charge in [0.05, 0.1) is 27.1 Å². The molecule has 0 aliphatic carbocycles. The fourth-order valence-electron chi connectivity index (χ4n) is 3.71. The van der Waals surface area contributed by atoms with Crippen molar-refractivity contribution < 1.29 is 33.8 Å². The molecule has 3 aromatic rings. The van der Waals surface area contributed by atoms with Crippen LogP contribution in [0.25, 0.3) is 6.08 Å². The van der Waals surface area contributed by atoms with Crippen molar-refractivity contribution in [2.75, 3.05) is 13.7 Å². The minimum atomic E-state index is -0.789. The van der Waals surface area contributed by atoms with Crippen molar-refractivity contribution in [2.24, 2.45) is 4.99 Å². The van der Waals surface area contributed by atoms with Gasteiger partial charge in [-0.05, 0) is 83.1 Å². The summed E-state index contributed by atoms with van der Waals surface area (Å²) in [6.45, 7) is 1.87. The van der Waals surface area contributed by atoms with E-state index < -0.39 is 16.8 Å². The average Bonchev–Trinajstić information content (AvgIpc) is 3.26. The van der Waals surface area contributed by atoms with Crippen LogP contribution in [0.15, 0.2) is 88.0 Å². The van der Waals surface area contributed by atoms with Gasteiger partial charge in [-0.1, -0.05) is 30.0 Å². The van der Waals surface area contributed by atoms with E-state index in [9.17, 15) is 24.8 Å². The zero-order valence-electron chi connectivity index (χ0n) is 21.8. The molecule has 3 aromatic carbocycles. The molecule has 0 radical (unpaired) electrons. The van der Waals surface area contributed by atoms with Gasteiger partial charge in [0.2, 0.25) is 0 Å². The lowest BCUT2D eigenvalue weighted by atomic mass is 10.1. The first-order valence-corrected chi connectivity index (χ1v) is 14.0. The SMILES string of the molecule is CCOC(=O)C1=C(O)/C(=C/c2cc(I)c(OCc3ccc([N+](=O)[O-])cc3)c(OC)c2)SC1=NC(=O)c1ccccc1. The lowest BCUT2D eigenvalue weighted by Gasteiger charge is -2.14. The second-order valence-electron chi connectivity index (χ2n) is 8.39. The molecule has 41 heavy (non-hydrogen) atoms. The summed E-state index contributed by atoms with van der Waals surface area (Å²) in [5, 5.41) is 21.9. The maximum Gasteiger partial charge on any atom is 0.344 e. The molecule has 1 N–H and O–H groups in total. The maximum atomic E-state index is 12.7. The monoisotopic (exact) mass is 686 g/mol. The van der Waals surface area contributed by atoms with Crippen molar-refractivity contribution in [3.63, 3.8) is 0 Å². The van der Waals surface area contributed by atoms with E-state index in [0.717, 1.165) is 17.3 Å². The highest BCUT2D eigenvalue weighted by atomic mass is 127. The number of non-ortho nitro benzene ring substituents is 1.